The van der Waals surface area contributed by atoms with Crippen molar-refractivity contribution in [1.82, 2.24) is 20.2 Å². The van der Waals surface area contributed by atoms with E-state index in [9.17, 15) is 4.79 Å². The number of anilines is 4. The van der Waals surface area contributed by atoms with Crippen LogP contribution in [0.2, 0.25) is 0 Å². The summed E-state index contributed by atoms with van der Waals surface area (Å²) >= 11 is 1.43. The van der Waals surface area contributed by atoms with Crippen molar-refractivity contribution in [1.29, 1.82) is 5.26 Å². The van der Waals surface area contributed by atoms with Gasteiger partial charge in [-0.3, -0.25) is 9.89 Å². The van der Waals surface area contributed by atoms with Crippen LogP contribution in [0.25, 0.3) is 0 Å². The number of aromatic amines is 1. The quantitative estimate of drug-likeness (QED) is 0.481. The first-order valence-electron chi connectivity index (χ1n) is 9.93. The van der Waals surface area contributed by atoms with Gasteiger partial charge in [0, 0.05) is 42.2 Å². The van der Waals surface area contributed by atoms with Gasteiger partial charge in [0.2, 0.25) is 5.91 Å². The van der Waals surface area contributed by atoms with Crippen molar-refractivity contribution in [2.24, 2.45) is 5.92 Å². The fourth-order valence-corrected chi connectivity index (χ4v) is 3.78. The zero-order valence-corrected chi connectivity index (χ0v) is 18.0. The number of hydrogen-bond acceptors (Lipinski definition) is 8. The molecule has 9 nitrogen and oxygen atoms in total. The van der Waals surface area contributed by atoms with E-state index < -0.39 is 0 Å². The first-order chi connectivity index (χ1) is 15.0. The SMILES string of the molecule is CCC(=O)Nc1ccc(Sc2nc(Nc3cc(C)n[nH]3)cc(N3CC(C#N)C3)n2)cc1. The van der Waals surface area contributed by atoms with Crippen molar-refractivity contribution < 1.29 is 4.79 Å². The Kier molecular flexibility index (Phi) is 6.04. The van der Waals surface area contributed by atoms with Gasteiger partial charge >= 0.3 is 0 Å². The Balaban J connectivity index is 1.54. The summed E-state index contributed by atoms with van der Waals surface area (Å²) < 4.78 is 0. The van der Waals surface area contributed by atoms with E-state index in [0.29, 0.717) is 30.5 Å². The number of nitrogens with zero attached hydrogens (tertiary/aromatic N) is 5. The molecule has 4 rings (SSSR count). The molecule has 3 aromatic rings. The Bertz CT molecular complexity index is 1120. The molecule has 1 saturated heterocycles. The average molecular weight is 435 g/mol. The molecule has 1 aliphatic heterocycles. The molecule has 0 spiro atoms. The minimum atomic E-state index is -0.0218. The molecule has 1 aliphatic rings. The highest BCUT2D eigenvalue weighted by molar-refractivity contribution is 7.99. The lowest BCUT2D eigenvalue weighted by atomic mass is 10.0. The lowest BCUT2D eigenvalue weighted by Gasteiger charge is -2.36. The second-order valence-corrected chi connectivity index (χ2v) is 8.24. The second-order valence-electron chi connectivity index (χ2n) is 7.20. The smallest absolute Gasteiger partial charge is 0.224 e. The molecule has 2 aromatic heterocycles. The average Bonchev–Trinajstić information content (AvgIpc) is 3.13. The Morgan fingerprint density at radius 3 is 2.71 bits per heavy atom. The van der Waals surface area contributed by atoms with Crippen LogP contribution in [0.3, 0.4) is 0 Å². The Morgan fingerprint density at radius 1 is 1.29 bits per heavy atom. The molecule has 1 amide bonds. The third-order valence-electron chi connectivity index (χ3n) is 4.72. The van der Waals surface area contributed by atoms with Gasteiger partial charge in [-0.2, -0.15) is 10.4 Å². The van der Waals surface area contributed by atoms with Gasteiger partial charge in [-0.05, 0) is 43.0 Å². The number of rotatable bonds is 7. The topological polar surface area (TPSA) is 123 Å². The second kappa shape index (κ2) is 9.06. The van der Waals surface area contributed by atoms with Gasteiger partial charge in [-0.15, -0.1) is 0 Å². The molecule has 0 bridgehead atoms. The molecule has 0 saturated carbocycles. The number of amides is 1. The summed E-state index contributed by atoms with van der Waals surface area (Å²) in [5.41, 5.74) is 1.63. The third kappa shape index (κ3) is 5.13. The molecule has 3 N–H and O–H groups in total. The number of aryl methyl sites for hydroxylation is 1. The van der Waals surface area contributed by atoms with Crippen molar-refractivity contribution >= 4 is 40.8 Å². The van der Waals surface area contributed by atoms with Gasteiger partial charge in [0.1, 0.15) is 17.5 Å². The Hall–Kier alpha value is -3.58. The fraction of sp³-hybridized carbons (Fsp3) is 0.286. The predicted molar refractivity (Wildman–Crippen MR) is 119 cm³/mol. The standard InChI is InChI=1S/C21H22N8OS/c1-3-20(30)23-15-4-6-16(7-5-15)31-21-25-17(24-18-8-13(2)27-28-18)9-19(26-21)29-11-14(10-22)12-29/h4-9,14H,3,11-12H2,1-2H3,(H,23,30)(H2,24,25,26,27,28). The summed E-state index contributed by atoms with van der Waals surface area (Å²) in [5.74, 6) is 2.17. The number of carbonyl (C=O) groups excluding carboxylic acids is 1. The Labute approximate surface area is 184 Å². The number of H-pyrrole nitrogens is 1. The zero-order valence-electron chi connectivity index (χ0n) is 17.2. The highest BCUT2D eigenvalue weighted by atomic mass is 32.2. The van der Waals surface area contributed by atoms with Gasteiger partial charge in [-0.1, -0.05) is 6.92 Å². The van der Waals surface area contributed by atoms with Gasteiger partial charge in [0.25, 0.3) is 0 Å². The van der Waals surface area contributed by atoms with Crippen LogP contribution < -0.4 is 15.5 Å². The molecular weight excluding hydrogens is 412 g/mol. The largest absolute Gasteiger partial charge is 0.354 e. The van der Waals surface area contributed by atoms with Crippen molar-refractivity contribution in [3.63, 3.8) is 0 Å². The number of aromatic nitrogens is 4. The summed E-state index contributed by atoms with van der Waals surface area (Å²) in [4.78, 5) is 23.9. The van der Waals surface area contributed by atoms with Crippen molar-refractivity contribution in [2.75, 3.05) is 28.6 Å². The van der Waals surface area contributed by atoms with E-state index in [-0.39, 0.29) is 11.8 Å². The van der Waals surface area contributed by atoms with Crippen LogP contribution in [0.5, 0.6) is 0 Å². The first-order valence-corrected chi connectivity index (χ1v) is 10.7. The van der Waals surface area contributed by atoms with Crippen LogP contribution >= 0.6 is 11.8 Å². The van der Waals surface area contributed by atoms with Crippen LogP contribution in [-0.4, -0.2) is 39.2 Å². The molecule has 1 fully saturated rings. The van der Waals surface area contributed by atoms with Crippen LogP contribution in [-0.2, 0) is 4.79 Å². The monoisotopic (exact) mass is 434 g/mol. The van der Waals surface area contributed by atoms with Crippen molar-refractivity contribution in [2.45, 2.75) is 30.3 Å². The molecule has 31 heavy (non-hydrogen) atoms. The molecule has 10 heteroatoms. The van der Waals surface area contributed by atoms with Crippen molar-refractivity contribution in [3.05, 3.63) is 42.1 Å². The van der Waals surface area contributed by atoms with E-state index in [1.165, 1.54) is 11.8 Å². The van der Waals surface area contributed by atoms with Crippen LogP contribution in [0.15, 0.2) is 46.5 Å². The zero-order chi connectivity index (χ0) is 21.8. The molecule has 3 heterocycles. The maximum atomic E-state index is 11.6. The van der Waals surface area contributed by atoms with Gasteiger partial charge in [0.05, 0.1) is 17.7 Å². The van der Waals surface area contributed by atoms with E-state index in [2.05, 4.69) is 41.8 Å². The lowest BCUT2D eigenvalue weighted by Crippen LogP contribution is -2.46. The number of hydrogen-bond donors (Lipinski definition) is 3. The van der Waals surface area contributed by atoms with E-state index >= 15 is 0 Å². The molecule has 1 aromatic carbocycles. The summed E-state index contributed by atoms with van der Waals surface area (Å²) in [6.07, 6.45) is 0.436. The molecule has 0 aliphatic carbocycles. The van der Waals surface area contributed by atoms with E-state index in [4.69, 9.17) is 5.26 Å². The van der Waals surface area contributed by atoms with Gasteiger partial charge in [-0.25, -0.2) is 9.97 Å². The van der Waals surface area contributed by atoms with E-state index in [1.54, 1.807) is 0 Å². The maximum absolute atomic E-state index is 11.6. The molecule has 158 valence electrons. The van der Waals surface area contributed by atoms with Crippen LogP contribution in [0, 0.1) is 24.2 Å². The molecule has 0 atom stereocenters. The summed E-state index contributed by atoms with van der Waals surface area (Å²) in [6.45, 7) is 5.04. The van der Waals surface area contributed by atoms with Crippen LogP contribution in [0.4, 0.5) is 23.1 Å². The van der Waals surface area contributed by atoms with E-state index in [0.717, 1.165) is 27.9 Å². The predicted octanol–water partition coefficient (Wildman–Crippen LogP) is 3.71. The minimum absolute atomic E-state index is 0.0218. The number of nitriles is 1. The maximum Gasteiger partial charge on any atom is 0.224 e. The molecule has 0 unspecified atom stereocenters. The van der Waals surface area contributed by atoms with Gasteiger partial charge in [0.15, 0.2) is 5.16 Å². The highest BCUT2D eigenvalue weighted by Gasteiger charge is 2.28. The summed E-state index contributed by atoms with van der Waals surface area (Å²) in [5, 5.41) is 22.8. The lowest BCUT2D eigenvalue weighted by molar-refractivity contribution is -0.115. The molecule has 0 radical (unpaired) electrons. The number of nitrogens with one attached hydrogen (secondary N) is 3. The van der Waals surface area contributed by atoms with Gasteiger partial charge < -0.3 is 15.5 Å². The summed E-state index contributed by atoms with van der Waals surface area (Å²) in [7, 11) is 0. The Morgan fingerprint density at radius 2 is 2.06 bits per heavy atom. The fourth-order valence-electron chi connectivity index (χ4n) is 3.02. The number of benzene rings is 1. The normalized spacial score (nSPS) is 13.4. The minimum Gasteiger partial charge on any atom is -0.354 e. The third-order valence-corrected chi connectivity index (χ3v) is 5.59. The first kappa shape index (κ1) is 20.7. The number of carbonyl (C=O) groups is 1. The van der Waals surface area contributed by atoms with Crippen molar-refractivity contribution in [3.8, 4) is 6.07 Å². The van der Waals surface area contributed by atoms with E-state index in [1.807, 2.05) is 50.2 Å². The highest BCUT2D eigenvalue weighted by Crippen LogP contribution is 2.31. The van der Waals surface area contributed by atoms with Crippen LogP contribution in [0.1, 0.15) is 19.0 Å². The molecular formula is C21H22N8OS. The summed E-state index contributed by atoms with van der Waals surface area (Å²) in [6, 6.07) is 13.6.